The van der Waals surface area contributed by atoms with Crippen LogP contribution in [0.5, 0.6) is 0 Å². The van der Waals surface area contributed by atoms with Crippen LogP contribution >= 0.6 is 11.6 Å². The first-order valence-corrected chi connectivity index (χ1v) is 3.99. The molecule has 0 radical (unpaired) electrons. The summed E-state index contributed by atoms with van der Waals surface area (Å²) in [6.07, 6.45) is 1.67. The number of rotatable bonds is 1. The number of halogens is 1. The molecule has 2 N–H and O–H groups in total. The molecule has 2 aromatic rings. The topological polar surface area (TPSA) is 60.4 Å². The Balaban J connectivity index is 2.68. The van der Waals surface area contributed by atoms with Crippen LogP contribution in [-0.4, -0.2) is 15.5 Å². The number of nitrogens with two attached hydrogens (primary N) is 1. The second kappa shape index (κ2) is 2.74. The molecular formula is C8H6ClN3O. The standard InChI is InChI=1S/C8H6ClN3O/c9-5-1-2-12-6(3-5)4-7(11-12)8(10)13/h1-4H,(H2,10,13). The minimum Gasteiger partial charge on any atom is -0.364 e. The van der Waals surface area contributed by atoms with Gasteiger partial charge in [0.05, 0.1) is 5.52 Å². The van der Waals surface area contributed by atoms with Crippen LogP contribution < -0.4 is 5.73 Å². The molecule has 0 aliphatic rings. The molecule has 0 saturated carbocycles. The van der Waals surface area contributed by atoms with Crippen molar-refractivity contribution in [2.24, 2.45) is 5.73 Å². The lowest BCUT2D eigenvalue weighted by Gasteiger charge is -1.91. The zero-order chi connectivity index (χ0) is 9.42. The summed E-state index contributed by atoms with van der Waals surface area (Å²) in [7, 11) is 0. The van der Waals surface area contributed by atoms with Crippen molar-refractivity contribution in [2.75, 3.05) is 0 Å². The van der Waals surface area contributed by atoms with Gasteiger partial charge in [-0.2, -0.15) is 5.10 Å². The average molecular weight is 196 g/mol. The molecule has 66 valence electrons. The van der Waals surface area contributed by atoms with Crippen LogP contribution in [0.15, 0.2) is 24.4 Å². The maximum Gasteiger partial charge on any atom is 0.269 e. The number of carbonyl (C=O) groups is 1. The zero-order valence-electron chi connectivity index (χ0n) is 6.57. The summed E-state index contributed by atoms with van der Waals surface area (Å²) in [5, 5.41) is 4.54. The molecular weight excluding hydrogens is 190 g/mol. The minimum absolute atomic E-state index is 0.238. The zero-order valence-corrected chi connectivity index (χ0v) is 7.32. The van der Waals surface area contributed by atoms with Gasteiger partial charge in [0.15, 0.2) is 5.69 Å². The van der Waals surface area contributed by atoms with Crippen molar-refractivity contribution in [3.05, 3.63) is 35.1 Å². The van der Waals surface area contributed by atoms with Gasteiger partial charge in [0, 0.05) is 11.2 Å². The van der Waals surface area contributed by atoms with Gasteiger partial charge in [0.25, 0.3) is 5.91 Å². The number of fused-ring (bicyclic) bond motifs is 1. The molecule has 2 aromatic heterocycles. The van der Waals surface area contributed by atoms with Crippen molar-refractivity contribution in [3.63, 3.8) is 0 Å². The largest absolute Gasteiger partial charge is 0.364 e. The summed E-state index contributed by atoms with van der Waals surface area (Å²) in [4.78, 5) is 10.8. The number of carbonyl (C=O) groups excluding carboxylic acids is 1. The van der Waals surface area contributed by atoms with E-state index >= 15 is 0 Å². The molecule has 0 spiro atoms. The first-order chi connectivity index (χ1) is 6.16. The number of nitrogens with zero attached hydrogens (tertiary/aromatic N) is 2. The molecule has 0 aromatic carbocycles. The fourth-order valence-electron chi connectivity index (χ4n) is 1.09. The number of primary amides is 1. The van der Waals surface area contributed by atoms with Crippen molar-refractivity contribution in [1.29, 1.82) is 0 Å². The molecule has 0 aliphatic carbocycles. The Morgan fingerprint density at radius 3 is 3.00 bits per heavy atom. The molecule has 0 aliphatic heterocycles. The summed E-state index contributed by atoms with van der Waals surface area (Å²) in [5.41, 5.74) is 6.06. The number of pyridine rings is 1. The minimum atomic E-state index is -0.542. The van der Waals surface area contributed by atoms with Crippen LogP contribution in [0.4, 0.5) is 0 Å². The van der Waals surface area contributed by atoms with E-state index in [-0.39, 0.29) is 5.69 Å². The Morgan fingerprint density at radius 1 is 1.54 bits per heavy atom. The molecule has 0 unspecified atom stereocenters. The van der Waals surface area contributed by atoms with Gasteiger partial charge in [0.1, 0.15) is 0 Å². The lowest BCUT2D eigenvalue weighted by atomic mass is 10.3. The third-order valence-corrected chi connectivity index (χ3v) is 1.91. The van der Waals surface area contributed by atoms with E-state index in [4.69, 9.17) is 17.3 Å². The smallest absolute Gasteiger partial charge is 0.269 e. The summed E-state index contributed by atoms with van der Waals surface area (Å²) < 4.78 is 1.55. The van der Waals surface area contributed by atoms with Gasteiger partial charge in [-0.05, 0) is 18.2 Å². The fourth-order valence-corrected chi connectivity index (χ4v) is 1.26. The summed E-state index contributed by atoms with van der Waals surface area (Å²) >= 11 is 5.75. The van der Waals surface area contributed by atoms with Crippen LogP contribution in [0.25, 0.3) is 5.52 Å². The molecule has 2 heterocycles. The van der Waals surface area contributed by atoms with Crippen molar-refractivity contribution < 1.29 is 4.79 Å². The Labute approximate surface area is 78.9 Å². The fraction of sp³-hybridized carbons (Fsp3) is 0. The van der Waals surface area contributed by atoms with E-state index in [1.807, 2.05) is 0 Å². The van der Waals surface area contributed by atoms with E-state index in [0.29, 0.717) is 5.02 Å². The van der Waals surface area contributed by atoms with Crippen LogP contribution in [0, 0.1) is 0 Å². The van der Waals surface area contributed by atoms with Gasteiger partial charge < -0.3 is 5.73 Å². The highest BCUT2D eigenvalue weighted by molar-refractivity contribution is 6.30. The van der Waals surface area contributed by atoms with Crippen LogP contribution in [0.2, 0.25) is 5.02 Å². The molecule has 1 amide bonds. The third-order valence-electron chi connectivity index (χ3n) is 1.68. The van der Waals surface area contributed by atoms with E-state index < -0.39 is 5.91 Å². The maximum absolute atomic E-state index is 10.8. The average Bonchev–Trinajstić information content (AvgIpc) is 2.46. The molecule has 13 heavy (non-hydrogen) atoms. The van der Waals surface area contributed by atoms with Crippen molar-refractivity contribution in [2.45, 2.75) is 0 Å². The van der Waals surface area contributed by atoms with Crippen molar-refractivity contribution >= 4 is 23.0 Å². The van der Waals surface area contributed by atoms with Gasteiger partial charge in [-0.15, -0.1) is 0 Å². The highest BCUT2D eigenvalue weighted by Gasteiger charge is 2.06. The van der Waals surface area contributed by atoms with Crippen LogP contribution in [0.1, 0.15) is 10.5 Å². The molecule has 0 fully saturated rings. The summed E-state index contributed by atoms with van der Waals surface area (Å²) in [6.45, 7) is 0. The Bertz CT molecular complexity index is 477. The van der Waals surface area contributed by atoms with Gasteiger partial charge >= 0.3 is 0 Å². The lowest BCUT2D eigenvalue weighted by molar-refractivity contribution is 0.0995. The molecule has 0 saturated heterocycles. The third kappa shape index (κ3) is 1.36. The highest BCUT2D eigenvalue weighted by atomic mass is 35.5. The quantitative estimate of drug-likeness (QED) is 0.741. The van der Waals surface area contributed by atoms with E-state index in [9.17, 15) is 4.79 Å². The number of amides is 1. The first-order valence-electron chi connectivity index (χ1n) is 3.61. The first kappa shape index (κ1) is 8.07. The van der Waals surface area contributed by atoms with E-state index in [0.717, 1.165) is 5.52 Å². The number of aromatic nitrogens is 2. The summed E-state index contributed by atoms with van der Waals surface area (Å²) in [5.74, 6) is -0.542. The molecule has 0 bridgehead atoms. The molecule has 4 nitrogen and oxygen atoms in total. The van der Waals surface area contributed by atoms with Crippen LogP contribution in [0.3, 0.4) is 0 Å². The molecule has 0 atom stereocenters. The second-order valence-corrected chi connectivity index (χ2v) is 3.04. The van der Waals surface area contributed by atoms with Gasteiger partial charge in [0.2, 0.25) is 0 Å². The second-order valence-electron chi connectivity index (χ2n) is 2.61. The lowest BCUT2D eigenvalue weighted by Crippen LogP contribution is -2.11. The molecule has 5 heteroatoms. The normalized spacial score (nSPS) is 10.5. The van der Waals surface area contributed by atoms with Gasteiger partial charge in [-0.1, -0.05) is 11.6 Å². The number of hydrogen-bond donors (Lipinski definition) is 1. The van der Waals surface area contributed by atoms with Crippen molar-refractivity contribution in [1.82, 2.24) is 9.61 Å². The maximum atomic E-state index is 10.8. The predicted octanol–water partition coefficient (Wildman–Crippen LogP) is 1.09. The van der Waals surface area contributed by atoms with Gasteiger partial charge in [-0.3, -0.25) is 4.79 Å². The Hall–Kier alpha value is -1.55. The summed E-state index contributed by atoms with van der Waals surface area (Å²) in [6, 6.07) is 4.99. The Kier molecular flexibility index (Phi) is 1.70. The van der Waals surface area contributed by atoms with Crippen molar-refractivity contribution in [3.8, 4) is 0 Å². The highest BCUT2D eigenvalue weighted by Crippen LogP contribution is 2.12. The number of hydrogen-bond acceptors (Lipinski definition) is 2. The molecule has 2 rings (SSSR count). The predicted molar refractivity (Wildman–Crippen MR) is 48.7 cm³/mol. The Morgan fingerprint density at radius 2 is 2.31 bits per heavy atom. The SMILES string of the molecule is NC(=O)c1cc2cc(Cl)ccn2n1. The van der Waals surface area contributed by atoms with Crippen LogP contribution in [-0.2, 0) is 0 Å². The van der Waals surface area contributed by atoms with E-state index in [1.54, 1.807) is 28.9 Å². The van der Waals surface area contributed by atoms with Gasteiger partial charge in [-0.25, -0.2) is 4.52 Å². The van der Waals surface area contributed by atoms with E-state index in [2.05, 4.69) is 5.10 Å². The van der Waals surface area contributed by atoms with E-state index in [1.165, 1.54) is 0 Å². The monoisotopic (exact) mass is 195 g/mol.